The van der Waals surface area contributed by atoms with E-state index >= 15 is 0 Å². The Morgan fingerprint density at radius 3 is 2.65 bits per heavy atom. The molecule has 3 rings (SSSR count). The zero-order valence-electron chi connectivity index (χ0n) is 12.5. The summed E-state index contributed by atoms with van der Waals surface area (Å²) in [5.74, 6) is 0.678. The Labute approximate surface area is 139 Å². The van der Waals surface area contributed by atoms with Gasteiger partial charge in [-0.25, -0.2) is 13.1 Å². The lowest BCUT2D eigenvalue weighted by Crippen LogP contribution is -2.25. The fourth-order valence-electron chi connectivity index (χ4n) is 2.11. The average molecular weight is 348 g/mol. The number of nitrogens with zero attached hydrogens (tertiary/aromatic N) is 1. The molecule has 2 aromatic heterocycles. The van der Waals surface area contributed by atoms with Crippen LogP contribution in [0.3, 0.4) is 0 Å². The predicted octanol–water partition coefficient (Wildman–Crippen LogP) is 3.23. The molecule has 1 N–H and O–H groups in total. The summed E-state index contributed by atoms with van der Waals surface area (Å²) >= 11 is 1.26. The minimum absolute atomic E-state index is 0.278. The van der Waals surface area contributed by atoms with Gasteiger partial charge in [-0.1, -0.05) is 35.5 Å². The smallest absolute Gasteiger partial charge is 0.250 e. The largest absolute Gasteiger partial charge is 0.356 e. The third-order valence-electron chi connectivity index (χ3n) is 3.27. The quantitative estimate of drug-likeness (QED) is 0.742. The lowest BCUT2D eigenvalue weighted by Gasteiger charge is -2.02. The second-order valence-electron chi connectivity index (χ2n) is 5.06. The van der Waals surface area contributed by atoms with Crippen LogP contribution in [0.1, 0.15) is 10.6 Å². The number of hydrogen-bond donors (Lipinski definition) is 1. The summed E-state index contributed by atoms with van der Waals surface area (Å²) in [5.41, 5.74) is 1.66. The van der Waals surface area contributed by atoms with Crippen LogP contribution < -0.4 is 4.72 Å². The predicted molar refractivity (Wildman–Crippen MR) is 89.9 cm³/mol. The zero-order chi connectivity index (χ0) is 16.3. The van der Waals surface area contributed by atoms with Gasteiger partial charge in [-0.15, -0.1) is 11.3 Å². The van der Waals surface area contributed by atoms with Crippen molar-refractivity contribution in [2.75, 3.05) is 6.54 Å². The third kappa shape index (κ3) is 3.87. The van der Waals surface area contributed by atoms with E-state index in [1.165, 1.54) is 11.3 Å². The molecule has 3 aromatic rings. The molecular formula is C16H16N2O3S2. The topological polar surface area (TPSA) is 72.2 Å². The van der Waals surface area contributed by atoms with Crippen LogP contribution in [0.25, 0.3) is 11.3 Å². The molecule has 0 unspecified atom stereocenters. The Balaban J connectivity index is 1.60. The van der Waals surface area contributed by atoms with Crippen LogP contribution in [0.15, 0.2) is 57.3 Å². The molecule has 0 aliphatic rings. The molecular weight excluding hydrogens is 332 g/mol. The number of rotatable bonds is 6. The van der Waals surface area contributed by atoms with Crippen molar-refractivity contribution < 1.29 is 12.9 Å². The minimum atomic E-state index is -3.44. The number of sulfonamides is 1. The monoisotopic (exact) mass is 348 g/mol. The van der Waals surface area contributed by atoms with Crippen LogP contribution in [-0.2, 0) is 16.4 Å². The third-order valence-corrected chi connectivity index (χ3v) is 6.22. The molecule has 0 aliphatic heterocycles. The van der Waals surface area contributed by atoms with E-state index in [1.54, 1.807) is 12.1 Å². The van der Waals surface area contributed by atoms with Gasteiger partial charge in [0.15, 0.2) is 5.76 Å². The molecule has 0 spiro atoms. The summed E-state index contributed by atoms with van der Waals surface area (Å²) in [6, 6.07) is 14.9. The first-order valence-corrected chi connectivity index (χ1v) is 9.42. The normalized spacial score (nSPS) is 11.7. The van der Waals surface area contributed by atoms with Crippen molar-refractivity contribution in [1.29, 1.82) is 0 Å². The molecule has 0 saturated heterocycles. The molecule has 0 fully saturated rings. The maximum absolute atomic E-state index is 12.1. The van der Waals surface area contributed by atoms with E-state index < -0.39 is 10.0 Å². The number of thiophene rings is 1. The highest BCUT2D eigenvalue weighted by molar-refractivity contribution is 7.91. The molecule has 2 heterocycles. The molecule has 0 bridgehead atoms. The molecule has 0 amide bonds. The highest BCUT2D eigenvalue weighted by Gasteiger charge is 2.16. The fourth-order valence-corrected chi connectivity index (χ4v) is 4.47. The fraction of sp³-hybridized carbons (Fsp3) is 0.188. The van der Waals surface area contributed by atoms with Crippen LogP contribution in [0, 0.1) is 6.92 Å². The van der Waals surface area contributed by atoms with Crippen molar-refractivity contribution in [2.24, 2.45) is 0 Å². The van der Waals surface area contributed by atoms with Crippen molar-refractivity contribution in [3.05, 3.63) is 59.1 Å². The lowest BCUT2D eigenvalue weighted by molar-refractivity contribution is 0.423. The molecule has 23 heavy (non-hydrogen) atoms. The molecule has 0 atom stereocenters. The highest BCUT2D eigenvalue weighted by Crippen LogP contribution is 2.21. The van der Waals surface area contributed by atoms with Gasteiger partial charge in [0.1, 0.15) is 4.21 Å². The zero-order valence-corrected chi connectivity index (χ0v) is 14.2. The van der Waals surface area contributed by atoms with E-state index in [9.17, 15) is 8.42 Å². The number of benzene rings is 1. The standard InChI is InChI=1S/C16H16N2O3S2/c1-12-7-8-16(22-12)23(19,20)17-10-9-14-11-15(21-18-14)13-5-3-2-4-6-13/h2-8,11,17H,9-10H2,1H3. The maximum atomic E-state index is 12.1. The van der Waals surface area contributed by atoms with Crippen LogP contribution in [0.5, 0.6) is 0 Å². The van der Waals surface area contributed by atoms with Crippen molar-refractivity contribution in [2.45, 2.75) is 17.6 Å². The molecule has 1 aromatic carbocycles. The highest BCUT2D eigenvalue weighted by atomic mass is 32.2. The van der Waals surface area contributed by atoms with Crippen LogP contribution in [-0.4, -0.2) is 20.1 Å². The van der Waals surface area contributed by atoms with E-state index in [4.69, 9.17) is 4.52 Å². The average Bonchev–Trinajstić information content (AvgIpc) is 3.17. The first-order chi connectivity index (χ1) is 11.0. The Morgan fingerprint density at radius 1 is 1.17 bits per heavy atom. The number of nitrogens with one attached hydrogen (secondary N) is 1. The second kappa shape index (κ2) is 6.66. The number of aromatic nitrogens is 1. The Kier molecular flexibility index (Phi) is 4.61. The number of aryl methyl sites for hydroxylation is 1. The van der Waals surface area contributed by atoms with E-state index in [0.717, 1.165) is 10.4 Å². The van der Waals surface area contributed by atoms with Gasteiger partial charge in [0.2, 0.25) is 10.0 Å². The number of hydrogen-bond acceptors (Lipinski definition) is 5. The van der Waals surface area contributed by atoms with Crippen molar-refractivity contribution in [3.8, 4) is 11.3 Å². The van der Waals surface area contributed by atoms with E-state index in [-0.39, 0.29) is 6.54 Å². The lowest BCUT2D eigenvalue weighted by atomic mass is 10.1. The summed E-state index contributed by atoms with van der Waals surface area (Å²) in [4.78, 5) is 0.967. The molecule has 0 saturated carbocycles. The van der Waals surface area contributed by atoms with Crippen LogP contribution >= 0.6 is 11.3 Å². The van der Waals surface area contributed by atoms with Crippen molar-refractivity contribution in [1.82, 2.24) is 9.88 Å². The molecule has 0 radical (unpaired) electrons. The van der Waals surface area contributed by atoms with E-state index in [1.807, 2.05) is 43.3 Å². The molecule has 5 nitrogen and oxygen atoms in total. The molecule has 120 valence electrons. The SMILES string of the molecule is Cc1ccc(S(=O)(=O)NCCc2cc(-c3ccccc3)on2)s1. The Morgan fingerprint density at radius 2 is 1.96 bits per heavy atom. The van der Waals surface area contributed by atoms with Gasteiger partial charge in [0, 0.05) is 29.5 Å². The summed E-state index contributed by atoms with van der Waals surface area (Å²) in [5, 5.41) is 3.98. The van der Waals surface area contributed by atoms with Gasteiger partial charge in [-0.3, -0.25) is 0 Å². The van der Waals surface area contributed by atoms with Crippen molar-refractivity contribution in [3.63, 3.8) is 0 Å². The summed E-state index contributed by atoms with van der Waals surface area (Å²) in [7, 11) is -3.44. The Bertz CT molecular complexity index is 883. The summed E-state index contributed by atoms with van der Waals surface area (Å²) in [6.45, 7) is 2.16. The maximum Gasteiger partial charge on any atom is 0.250 e. The van der Waals surface area contributed by atoms with Gasteiger partial charge >= 0.3 is 0 Å². The summed E-state index contributed by atoms with van der Waals surface area (Å²) in [6.07, 6.45) is 0.472. The van der Waals surface area contributed by atoms with Crippen molar-refractivity contribution >= 4 is 21.4 Å². The van der Waals surface area contributed by atoms with Crippen LogP contribution in [0.4, 0.5) is 0 Å². The van der Waals surface area contributed by atoms with Gasteiger partial charge in [0.25, 0.3) is 0 Å². The first kappa shape index (κ1) is 15.9. The van der Waals surface area contributed by atoms with Gasteiger partial charge in [-0.05, 0) is 19.1 Å². The van der Waals surface area contributed by atoms with Gasteiger partial charge in [-0.2, -0.15) is 0 Å². The molecule has 7 heteroatoms. The Hall–Kier alpha value is -1.96. The second-order valence-corrected chi connectivity index (χ2v) is 8.34. The van der Waals surface area contributed by atoms with Crippen LogP contribution in [0.2, 0.25) is 0 Å². The van der Waals surface area contributed by atoms with E-state index in [2.05, 4.69) is 9.88 Å². The first-order valence-electron chi connectivity index (χ1n) is 7.12. The van der Waals surface area contributed by atoms with Gasteiger partial charge in [0.05, 0.1) is 5.69 Å². The molecule has 0 aliphatic carbocycles. The minimum Gasteiger partial charge on any atom is -0.356 e. The van der Waals surface area contributed by atoms with Gasteiger partial charge < -0.3 is 4.52 Å². The van der Waals surface area contributed by atoms with E-state index in [0.29, 0.717) is 22.1 Å². The summed E-state index contributed by atoms with van der Waals surface area (Å²) < 4.78 is 32.5.